The van der Waals surface area contributed by atoms with Crippen LogP contribution in [0.3, 0.4) is 0 Å². The Morgan fingerprint density at radius 1 is 0.938 bits per heavy atom. The van der Waals surface area contributed by atoms with Crippen molar-refractivity contribution < 1.29 is 13.2 Å². The molecule has 32 heavy (non-hydrogen) atoms. The maximum atomic E-state index is 13.4. The molecule has 2 aromatic carbocycles. The van der Waals surface area contributed by atoms with Gasteiger partial charge in [-0.15, -0.1) is 0 Å². The summed E-state index contributed by atoms with van der Waals surface area (Å²) in [6.07, 6.45) is 7.52. The lowest BCUT2D eigenvalue weighted by atomic mass is 9.99. The average Bonchev–Trinajstić information content (AvgIpc) is 2.77. The molecule has 172 valence electrons. The number of carbonyl (C=O) groups excluding carboxylic acids is 1. The number of hydrogen-bond donors (Lipinski definition) is 1. The van der Waals surface area contributed by atoms with Crippen molar-refractivity contribution in [3.8, 4) is 0 Å². The Labute approximate surface area is 191 Å². The molecule has 3 rings (SSSR count). The summed E-state index contributed by atoms with van der Waals surface area (Å²) in [4.78, 5) is 12.9. The second kappa shape index (κ2) is 11.3. The van der Waals surface area contributed by atoms with Gasteiger partial charge in [-0.25, -0.2) is 13.8 Å². The molecule has 1 amide bonds. The Bertz CT molecular complexity index is 1010. The third-order valence-corrected chi connectivity index (χ3v) is 7.52. The first kappa shape index (κ1) is 24.0. The molecule has 0 unspecified atom stereocenters. The standard InChI is InChI=1S/C25H33N3O3S/c1-20(2)21-15-17-23(18-16-21)28(32(30,31)24-13-9-6-10-14-24)19-25(29)27-26-22-11-7-4-3-5-8-12-22/h6,9-10,13-18,20H,3-5,7-8,11-12,19H2,1-2H3,(H,27,29). The summed E-state index contributed by atoms with van der Waals surface area (Å²) in [6.45, 7) is 3.82. The molecule has 0 aliphatic heterocycles. The molecule has 0 bridgehead atoms. The van der Waals surface area contributed by atoms with Crippen molar-refractivity contribution in [3.05, 3.63) is 60.2 Å². The third-order valence-electron chi connectivity index (χ3n) is 5.74. The fraction of sp³-hybridized carbons (Fsp3) is 0.440. The highest BCUT2D eigenvalue weighted by molar-refractivity contribution is 7.92. The molecule has 0 atom stereocenters. The molecule has 1 fully saturated rings. The molecule has 2 aromatic rings. The zero-order valence-electron chi connectivity index (χ0n) is 19.0. The van der Waals surface area contributed by atoms with Crippen LogP contribution in [0.5, 0.6) is 0 Å². The fourth-order valence-corrected chi connectivity index (χ4v) is 5.23. The summed E-state index contributed by atoms with van der Waals surface area (Å²) in [7, 11) is -3.91. The van der Waals surface area contributed by atoms with Gasteiger partial charge in [-0.1, -0.05) is 63.4 Å². The summed E-state index contributed by atoms with van der Waals surface area (Å²) in [5.74, 6) is -0.127. The van der Waals surface area contributed by atoms with Gasteiger partial charge in [-0.05, 0) is 61.4 Å². The molecular formula is C25H33N3O3S. The Morgan fingerprint density at radius 2 is 1.53 bits per heavy atom. The Kier molecular flexibility index (Phi) is 8.45. The van der Waals surface area contributed by atoms with Crippen molar-refractivity contribution in [2.45, 2.75) is 69.6 Å². The van der Waals surface area contributed by atoms with Crippen molar-refractivity contribution in [1.29, 1.82) is 0 Å². The van der Waals surface area contributed by atoms with Crippen LogP contribution in [0.4, 0.5) is 5.69 Å². The highest BCUT2D eigenvalue weighted by Gasteiger charge is 2.27. The van der Waals surface area contributed by atoms with E-state index in [9.17, 15) is 13.2 Å². The second-order valence-corrected chi connectivity index (χ2v) is 10.4. The summed E-state index contributed by atoms with van der Waals surface area (Å²) >= 11 is 0. The molecule has 0 saturated heterocycles. The van der Waals surface area contributed by atoms with Crippen LogP contribution in [-0.2, 0) is 14.8 Å². The maximum absolute atomic E-state index is 13.4. The number of sulfonamides is 1. The predicted molar refractivity (Wildman–Crippen MR) is 129 cm³/mol. The van der Waals surface area contributed by atoms with Crippen LogP contribution in [-0.4, -0.2) is 26.6 Å². The Morgan fingerprint density at radius 3 is 2.12 bits per heavy atom. The van der Waals surface area contributed by atoms with Gasteiger partial charge in [0.05, 0.1) is 10.6 Å². The lowest BCUT2D eigenvalue weighted by molar-refractivity contribution is -0.119. The molecule has 0 aromatic heterocycles. The molecule has 7 heteroatoms. The van der Waals surface area contributed by atoms with Gasteiger partial charge in [-0.3, -0.25) is 9.10 Å². The first-order chi connectivity index (χ1) is 15.4. The maximum Gasteiger partial charge on any atom is 0.264 e. The number of anilines is 1. The minimum atomic E-state index is -3.91. The second-order valence-electron chi connectivity index (χ2n) is 8.55. The summed E-state index contributed by atoms with van der Waals surface area (Å²) in [5, 5.41) is 4.32. The summed E-state index contributed by atoms with van der Waals surface area (Å²) < 4.78 is 27.9. The molecule has 0 spiro atoms. The Balaban J connectivity index is 1.83. The average molecular weight is 456 g/mol. The number of nitrogens with zero attached hydrogens (tertiary/aromatic N) is 2. The molecule has 0 radical (unpaired) electrons. The van der Waals surface area contributed by atoms with E-state index in [-0.39, 0.29) is 11.4 Å². The number of rotatable bonds is 7. The SMILES string of the molecule is CC(C)c1ccc(N(CC(=O)NN=C2CCCCCCC2)S(=O)(=O)c2ccccc2)cc1. The smallest absolute Gasteiger partial charge is 0.264 e. The minimum absolute atomic E-state index is 0.145. The molecule has 1 aliphatic rings. The van der Waals surface area contributed by atoms with E-state index >= 15 is 0 Å². The minimum Gasteiger partial charge on any atom is -0.271 e. The topological polar surface area (TPSA) is 78.8 Å². The van der Waals surface area contributed by atoms with E-state index in [1.54, 1.807) is 30.3 Å². The number of nitrogens with one attached hydrogen (secondary N) is 1. The van der Waals surface area contributed by atoms with Gasteiger partial charge in [0.1, 0.15) is 6.54 Å². The van der Waals surface area contributed by atoms with E-state index in [2.05, 4.69) is 24.4 Å². The number of hydrogen-bond acceptors (Lipinski definition) is 4. The van der Waals surface area contributed by atoms with E-state index in [4.69, 9.17) is 0 Å². The van der Waals surface area contributed by atoms with E-state index in [1.807, 2.05) is 12.1 Å². The fourth-order valence-electron chi connectivity index (χ4n) is 3.79. The van der Waals surface area contributed by atoms with Crippen molar-refractivity contribution in [1.82, 2.24) is 5.43 Å². The number of hydrazone groups is 1. The van der Waals surface area contributed by atoms with Gasteiger partial charge in [-0.2, -0.15) is 5.10 Å². The summed E-state index contributed by atoms with van der Waals surface area (Å²) in [6, 6.07) is 15.5. The van der Waals surface area contributed by atoms with Gasteiger partial charge < -0.3 is 0 Å². The monoisotopic (exact) mass is 455 g/mol. The van der Waals surface area contributed by atoms with E-state index in [0.29, 0.717) is 11.6 Å². The van der Waals surface area contributed by atoms with Crippen molar-refractivity contribution in [2.75, 3.05) is 10.8 Å². The zero-order valence-corrected chi connectivity index (χ0v) is 19.8. The number of benzene rings is 2. The number of amides is 1. The molecular weight excluding hydrogens is 422 g/mol. The zero-order chi connectivity index (χ0) is 23.0. The lowest BCUT2D eigenvalue weighted by Gasteiger charge is -2.24. The lowest BCUT2D eigenvalue weighted by Crippen LogP contribution is -2.39. The van der Waals surface area contributed by atoms with Crippen molar-refractivity contribution >= 4 is 27.3 Å². The van der Waals surface area contributed by atoms with Crippen molar-refractivity contribution in [2.24, 2.45) is 5.10 Å². The van der Waals surface area contributed by atoms with Gasteiger partial charge in [0.15, 0.2) is 0 Å². The first-order valence-corrected chi connectivity index (χ1v) is 12.8. The van der Waals surface area contributed by atoms with Crippen LogP contribution < -0.4 is 9.73 Å². The molecule has 1 saturated carbocycles. The van der Waals surface area contributed by atoms with Gasteiger partial charge >= 0.3 is 0 Å². The van der Waals surface area contributed by atoms with E-state index in [0.717, 1.165) is 41.3 Å². The van der Waals surface area contributed by atoms with Gasteiger partial charge in [0.25, 0.3) is 15.9 Å². The third kappa shape index (κ3) is 6.42. The van der Waals surface area contributed by atoms with Crippen LogP contribution in [0.1, 0.15) is 70.3 Å². The highest BCUT2D eigenvalue weighted by Crippen LogP contribution is 2.25. The normalized spacial score (nSPS) is 15.0. The first-order valence-electron chi connectivity index (χ1n) is 11.4. The molecule has 1 N–H and O–H groups in total. The molecule has 6 nitrogen and oxygen atoms in total. The van der Waals surface area contributed by atoms with Crippen LogP contribution in [0.2, 0.25) is 0 Å². The quantitative estimate of drug-likeness (QED) is 0.581. The van der Waals surface area contributed by atoms with Gasteiger partial charge in [0.2, 0.25) is 0 Å². The molecule has 1 aliphatic carbocycles. The number of carbonyl (C=O) groups is 1. The van der Waals surface area contributed by atoms with Crippen LogP contribution in [0.15, 0.2) is 64.6 Å². The highest BCUT2D eigenvalue weighted by atomic mass is 32.2. The molecule has 0 heterocycles. The summed E-state index contributed by atoms with van der Waals surface area (Å²) in [5.41, 5.74) is 5.13. The van der Waals surface area contributed by atoms with E-state index in [1.165, 1.54) is 31.4 Å². The van der Waals surface area contributed by atoms with Crippen LogP contribution in [0.25, 0.3) is 0 Å². The van der Waals surface area contributed by atoms with Crippen LogP contribution in [0, 0.1) is 0 Å². The Hall–Kier alpha value is -2.67. The largest absolute Gasteiger partial charge is 0.271 e. The van der Waals surface area contributed by atoms with Crippen molar-refractivity contribution in [3.63, 3.8) is 0 Å². The van der Waals surface area contributed by atoms with E-state index < -0.39 is 15.9 Å². The predicted octanol–water partition coefficient (Wildman–Crippen LogP) is 5.22. The van der Waals surface area contributed by atoms with Crippen LogP contribution >= 0.6 is 0 Å². The van der Waals surface area contributed by atoms with Gasteiger partial charge in [0, 0.05) is 5.71 Å².